The SMILES string of the molecule is NC(=O)c1ccc2nc(Nc3ccc4ncccc4c3)sc2c1. The van der Waals surface area contributed by atoms with E-state index in [0.717, 1.165) is 31.9 Å². The molecule has 2 aromatic carbocycles. The minimum Gasteiger partial charge on any atom is -0.366 e. The molecule has 5 nitrogen and oxygen atoms in total. The molecule has 0 spiro atoms. The normalized spacial score (nSPS) is 11.0. The van der Waals surface area contributed by atoms with E-state index in [0.29, 0.717) is 5.56 Å². The molecule has 0 unspecified atom stereocenters. The Morgan fingerprint density at radius 3 is 2.83 bits per heavy atom. The summed E-state index contributed by atoms with van der Waals surface area (Å²) in [6.45, 7) is 0. The number of anilines is 2. The number of pyridine rings is 1. The van der Waals surface area contributed by atoms with Crippen LogP contribution < -0.4 is 11.1 Å². The zero-order valence-electron chi connectivity index (χ0n) is 12.0. The first kappa shape index (κ1) is 13.7. The molecule has 3 N–H and O–H groups in total. The van der Waals surface area contributed by atoms with Crippen molar-refractivity contribution in [2.45, 2.75) is 0 Å². The molecule has 112 valence electrons. The maximum absolute atomic E-state index is 11.3. The van der Waals surface area contributed by atoms with Crippen molar-refractivity contribution in [1.29, 1.82) is 0 Å². The molecule has 0 fully saturated rings. The Bertz CT molecular complexity index is 1040. The van der Waals surface area contributed by atoms with Crippen LogP contribution in [0.5, 0.6) is 0 Å². The van der Waals surface area contributed by atoms with Crippen LogP contribution in [0, 0.1) is 0 Å². The molecule has 0 saturated heterocycles. The van der Waals surface area contributed by atoms with E-state index in [2.05, 4.69) is 15.3 Å². The largest absolute Gasteiger partial charge is 0.366 e. The van der Waals surface area contributed by atoms with Crippen LogP contribution in [0.1, 0.15) is 10.4 Å². The highest BCUT2D eigenvalue weighted by atomic mass is 32.1. The first-order chi connectivity index (χ1) is 11.2. The summed E-state index contributed by atoms with van der Waals surface area (Å²) in [5.41, 5.74) is 8.54. The zero-order valence-corrected chi connectivity index (χ0v) is 12.8. The summed E-state index contributed by atoms with van der Waals surface area (Å²) in [6, 6.07) is 15.2. The number of aromatic nitrogens is 2. The number of amides is 1. The fourth-order valence-corrected chi connectivity index (χ4v) is 3.33. The number of hydrogen-bond acceptors (Lipinski definition) is 5. The van der Waals surface area contributed by atoms with Gasteiger partial charge in [-0.25, -0.2) is 4.98 Å². The number of nitrogens with one attached hydrogen (secondary N) is 1. The second kappa shape index (κ2) is 5.33. The molecule has 2 heterocycles. The van der Waals surface area contributed by atoms with Crippen LogP contribution in [0.4, 0.5) is 10.8 Å². The van der Waals surface area contributed by atoms with E-state index >= 15 is 0 Å². The van der Waals surface area contributed by atoms with E-state index in [1.165, 1.54) is 11.3 Å². The van der Waals surface area contributed by atoms with Crippen molar-refractivity contribution in [2.24, 2.45) is 5.73 Å². The van der Waals surface area contributed by atoms with Crippen LogP contribution >= 0.6 is 11.3 Å². The topological polar surface area (TPSA) is 80.9 Å². The lowest BCUT2D eigenvalue weighted by Gasteiger charge is -2.03. The summed E-state index contributed by atoms with van der Waals surface area (Å²) in [6.07, 6.45) is 1.78. The third-order valence-electron chi connectivity index (χ3n) is 3.53. The Hall–Kier alpha value is -2.99. The summed E-state index contributed by atoms with van der Waals surface area (Å²) < 4.78 is 0.922. The third kappa shape index (κ3) is 2.60. The van der Waals surface area contributed by atoms with Gasteiger partial charge in [-0.2, -0.15) is 0 Å². The van der Waals surface area contributed by atoms with Crippen molar-refractivity contribution in [2.75, 3.05) is 5.32 Å². The molecule has 0 radical (unpaired) electrons. The predicted octanol–water partition coefficient (Wildman–Crippen LogP) is 3.69. The smallest absolute Gasteiger partial charge is 0.248 e. The molecule has 0 bridgehead atoms. The monoisotopic (exact) mass is 320 g/mol. The molecule has 2 aromatic heterocycles. The van der Waals surface area contributed by atoms with Gasteiger partial charge in [0.25, 0.3) is 0 Å². The van der Waals surface area contributed by atoms with Crippen LogP contribution in [0.15, 0.2) is 54.7 Å². The van der Waals surface area contributed by atoms with E-state index in [1.807, 2.05) is 30.3 Å². The van der Waals surface area contributed by atoms with Crippen LogP contribution in [0.2, 0.25) is 0 Å². The number of primary amides is 1. The first-order valence-corrected chi connectivity index (χ1v) is 7.83. The lowest BCUT2D eigenvalue weighted by Crippen LogP contribution is -2.10. The lowest BCUT2D eigenvalue weighted by atomic mass is 10.2. The van der Waals surface area contributed by atoms with Gasteiger partial charge in [-0.3, -0.25) is 9.78 Å². The van der Waals surface area contributed by atoms with E-state index < -0.39 is 5.91 Å². The van der Waals surface area contributed by atoms with Crippen molar-refractivity contribution < 1.29 is 4.79 Å². The zero-order chi connectivity index (χ0) is 15.8. The van der Waals surface area contributed by atoms with Crippen molar-refractivity contribution in [3.05, 3.63) is 60.3 Å². The Morgan fingerprint density at radius 2 is 1.96 bits per heavy atom. The van der Waals surface area contributed by atoms with Gasteiger partial charge in [0.1, 0.15) is 0 Å². The Morgan fingerprint density at radius 1 is 1.09 bits per heavy atom. The minimum atomic E-state index is -0.433. The highest BCUT2D eigenvalue weighted by molar-refractivity contribution is 7.22. The average Bonchev–Trinajstić information content (AvgIpc) is 2.96. The molecular weight excluding hydrogens is 308 g/mol. The van der Waals surface area contributed by atoms with Gasteiger partial charge in [-0.15, -0.1) is 0 Å². The highest BCUT2D eigenvalue weighted by Crippen LogP contribution is 2.29. The third-order valence-corrected chi connectivity index (χ3v) is 4.46. The molecule has 0 aliphatic heterocycles. The number of carbonyl (C=O) groups excluding carboxylic acids is 1. The summed E-state index contributed by atoms with van der Waals surface area (Å²) in [7, 11) is 0. The first-order valence-electron chi connectivity index (χ1n) is 7.01. The predicted molar refractivity (Wildman–Crippen MR) is 93.2 cm³/mol. The second-order valence-corrected chi connectivity index (χ2v) is 6.13. The molecular formula is C17H12N4OS. The number of carbonyl (C=O) groups is 1. The Kier molecular flexibility index (Phi) is 3.17. The number of rotatable bonds is 3. The van der Waals surface area contributed by atoms with Gasteiger partial charge in [0, 0.05) is 22.8 Å². The van der Waals surface area contributed by atoms with Crippen LogP contribution in [-0.2, 0) is 0 Å². The number of nitrogens with zero attached hydrogens (tertiary/aromatic N) is 2. The maximum Gasteiger partial charge on any atom is 0.248 e. The minimum absolute atomic E-state index is 0.433. The van der Waals surface area contributed by atoms with Crippen molar-refractivity contribution in [3.8, 4) is 0 Å². The van der Waals surface area contributed by atoms with E-state index in [1.54, 1.807) is 24.4 Å². The summed E-state index contributed by atoms with van der Waals surface area (Å²) in [5, 5.41) is 5.13. The summed E-state index contributed by atoms with van der Waals surface area (Å²) in [5.74, 6) is -0.433. The van der Waals surface area contributed by atoms with Crippen LogP contribution in [0.25, 0.3) is 21.1 Å². The number of thiazole rings is 1. The second-order valence-electron chi connectivity index (χ2n) is 5.10. The molecule has 0 saturated carbocycles. The Balaban J connectivity index is 1.69. The maximum atomic E-state index is 11.3. The van der Waals surface area contributed by atoms with E-state index in [4.69, 9.17) is 5.73 Å². The van der Waals surface area contributed by atoms with Gasteiger partial charge >= 0.3 is 0 Å². The molecule has 1 amide bonds. The molecule has 23 heavy (non-hydrogen) atoms. The fraction of sp³-hybridized carbons (Fsp3) is 0. The standard InChI is InChI=1S/C17H12N4OS/c18-16(22)11-3-5-14-15(9-11)23-17(21-14)20-12-4-6-13-10(8-12)2-1-7-19-13/h1-9H,(H2,18,22)(H,20,21). The van der Waals surface area contributed by atoms with Gasteiger partial charge in [-0.1, -0.05) is 17.4 Å². The average molecular weight is 320 g/mol. The summed E-state index contributed by atoms with van der Waals surface area (Å²) >= 11 is 1.48. The van der Waals surface area contributed by atoms with Gasteiger partial charge in [0.2, 0.25) is 5.91 Å². The van der Waals surface area contributed by atoms with Crippen molar-refractivity contribution in [1.82, 2.24) is 9.97 Å². The van der Waals surface area contributed by atoms with Crippen LogP contribution in [0.3, 0.4) is 0 Å². The number of fused-ring (bicyclic) bond motifs is 2. The number of benzene rings is 2. The molecule has 4 rings (SSSR count). The van der Waals surface area contributed by atoms with Gasteiger partial charge in [0.15, 0.2) is 5.13 Å². The molecule has 6 heteroatoms. The number of nitrogens with two attached hydrogens (primary N) is 1. The quantitative estimate of drug-likeness (QED) is 0.603. The van der Waals surface area contributed by atoms with Gasteiger partial charge in [-0.05, 0) is 42.5 Å². The molecule has 0 aliphatic rings. The highest BCUT2D eigenvalue weighted by Gasteiger charge is 2.08. The van der Waals surface area contributed by atoms with E-state index in [9.17, 15) is 4.79 Å². The Labute approximate surface area is 135 Å². The summed E-state index contributed by atoms with van der Waals surface area (Å²) in [4.78, 5) is 20.1. The van der Waals surface area contributed by atoms with Gasteiger partial charge in [0.05, 0.1) is 15.7 Å². The molecule has 0 aliphatic carbocycles. The van der Waals surface area contributed by atoms with Crippen molar-refractivity contribution in [3.63, 3.8) is 0 Å². The van der Waals surface area contributed by atoms with E-state index in [-0.39, 0.29) is 0 Å². The lowest BCUT2D eigenvalue weighted by molar-refractivity contribution is 0.100. The number of hydrogen-bond donors (Lipinski definition) is 2. The fourth-order valence-electron chi connectivity index (χ4n) is 2.41. The van der Waals surface area contributed by atoms with Gasteiger partial charge < -0.3 is 11.1 Å². The molecule has 4 aromatic rings. The van der Waals surface area contributed by atoms with Crippen molar-refractivity contribution >= 4 is 49.2 Å². The molecule has 0 atom stereocenters. The van der Waals surface area contributed by atoms with Crippen LogP contribution in [-0.4, -0.2) is 15.9 Å².